The summed E-state index contributed by atoms with van der Waals surface area (Å²) in [6, 6.07) is 0. The Hall–Kier alpha value is -0.510. The summed E-state index contributed by atoms with van der Waals surface area (Å²) in [5.74, 6) is -0.585. The number of rotatable bonds is 5. The van der Waals surface area contributed by atoms with Gasteiger partial charge >= 0.3 is 5.97 Å². The van der Waals surface area contributed by atoms with Crippen LogP contribution in [0.1, 0.15) is 45.4 Å². The number of carbonyl (C=O) groups is 2. The first-order valence-electron chi connectivity index (χ1n) is 6.04. The molecule has 0 aromatic heterocycles. The highest BCUT2D eigenvalue weighted by Gasteiger charge is 2.29. The smallest absolute Gasteiger partial charge is 0.317 e. The van der Waals surface area contributed by atoms with Crippen LogP contribution in [0.3, 0.4) is 0 Å². The Kier molecular flexibility index (Phi) is 5.88. The summed E-state index contributed by atoms with van der Waals surface area (Å²) in [4.78, 5) is 22.9. The summed E-state index contributed by atoms with van der Waals surface area (Å²) >= 11 is 3.79. The van der Waals surface area contributed by atoms with Gasteiger partial charge in [-0.3, -0.25) is 9.59 Å². The second-order valence-corrected chi connectivity index (χ2v) is 4.82. The van der Waals surface area contributed by atoms with Gasteiger partial charge in [0.15, 0.2) is 5.12 Å². The summed E-state index contributed by atoms with van der Waals surface area (Å²) in [5, 5.41) is -0.357. The van der Waals surface area contributed by atoms with Crippen LogP contribution in [-0.4, -0.2) is 17.7 Å². The van der Waals surface area contributed by atoms with E-state index < -0.39 is 11.9 Å². The summed E-state index contributed by atoms with van der Waals surface area (Å²) in [6.45, 7) is 2.07. The van der Waals surface area contributed by atoms with Gasteiger partial charge in [-0.2, -0.15) is 0 Å². The molecule has 1 unspecified atom stereocenters. The topological polar surface area (TPSA) is 43.4 Å². The number of hydrogen-bond donors (Lipinski definition) is 1. The zero-order valence-corrected chi connectivity index (χ0v) is 10.7. The minimum atomic E-state index is -0.661. The normalized spacial score (nSPS) is 19.1. The van der Waals surface area contributed by atoms with Crippen molar-refractivity contribution in [2.75, 3.05) is 6.61 Å². The predicted molar refractivity (Wildman–Crippen MR) is 65.3 cm³/mol. The molecule has 0 saturated heterocycles. The van der Waals surface area contributed by atoms with E-state index in [1.807, 2.05) is 0 Å². The van der Waals surface area contributed by atoms with Gasteiger partial charge in [0.05, 0.1) is 6.61 Å². The molecule has 1 aliphatic carbocycles. The van der Waals surface area contributed by atoms with Crippen molar-refractivity contribution >= 4 is 23.7 Å². The summed E-state index contributed by atoms with van der Waals surface area (Å²) in [5.41, 5.74) is 0. The average molecular weight is 244 g/mol. The molecular formula is C12H20O3S. The van der Waals surface area contributed by atoms with E-state index >= 15 is 0 Å². The Labute approximate surface area is 102 Å². The van der Waals surface area contributed by atoms with Gasteiger partial charge in [-0.15, -0.1) is 12.6 Å². The maximum atomic E-state index is 11.6. The standard InChI is InChI=1S/C12H20O3S/c1-2-15-11(13)10(12(14)16)8-9-6-4-3-5-7-9/h9-10H,2-8H2,1H3,(H,14,16). The van der Waals surface area contributed by atoms with Gasteiger partial charge in [0.2, 0.25) is 0 Å². The van der Waals surface area contributed by atoms with Crippen LogP contribution in [0.2, 0.25) is 0 Å². The van der Waals surface area contributed by atoms with E-state index in [9.17, 15) is 9.59 Å². The van der Waals surface area contributed by atoms with Crippen LogP contribution in [0, 0.1) is 11.8 Å². The Morgan fingerprint density at radius 3 is 2.44 bits per heavy atom. The molecule has 0 aromatic carbocycles. The average Bonchev–Trinajstić information content (AvgIpc) is 2.27. The van der Waals surface area contributed by atoms with Crippen LogP contribution >= 0.6 is 12.6 Å². The minimum absolute atomic E-state index is 0.320. The highest BCUT2D eigenvalue weighted by atomic mass is 32.1. The number of hydrogen-bond acceptors (Lipinski definition) is 3. The lowest BCUT2D eigenvalue weighted by Gasteiger charge is -2.24. The molecule has 0 radical (unpaired) electrons. The Balaban J connectivity index is 2.49. The van der Waals surface area contributed by atoms with Gasteiger partial charge in [0.1, 0.15) is 5.92 Å². The zero-order valence-electron chi connectivity index (χ0n) is 9.78. The molecule has 1 saturated carbocycles. The van der Waals surface area contributed by atoms with Gasteiger partial charge in [-0.1, -0.05) is 32.1 Å². The van der Waals surface area contributed by atoms with Crippen LogP contribution in [-0.2, 0) is 14.3 Å². The third-order valence-electron chi connectivity index (χ3n) is 3.16. The number of esters is 1. The van der Waals surface area contributed by atoms with Crippen molar-refractivity contribution in [1.82, 2.24) is 0 Å². The van der Waals surface area contributed by atoms with Crippen molar-refractivity contribution < 1.29 is 14.3 Å². The fourth-order valence-corrected chi connectivity index (χ4v) is 2.51. The highest BCUT2D eigenvalue weighted by molar-refractivity contribution is 7.96. The fraction of sp³-hybridized carbons (Fsp3) is 0.833. The number of carbonyl (C=O) groups excluding carboxylic acids is 2. The minimum Gasteiger partial charge on any atom is -0.465 e. The van der Waals surface area contributed by atoms with Crippen molar-refractivity contribution in [3.05, 3.63) is 0 Å². The lowest BCUT2D eigenvalue weighted by Crippen LogP contribution is -2.26. The van der Waals surface area contributed by atoms with E-state index in [0.717, 1.165) is 12.8 Å². The summed E-state index contributed by atoms with van der Waals surface area (Å²) in [7, 11) is 0. The van der Waals surface area contributed by atoms with Crippen molar-refractivity contribution in [3.63, 3.8) is 0 Å². The molecule has 0 aliphatic heterocycles. The van der Waals surface area contributed by atoms with E-state index in [-0.39, 0.29) is 5.12 Å². The van der Waals surface area contributed by atoms with Crippen LogP contribution in [0.25, 0.3) is 0 Å². The first-order chi connectivity index (χ1) is 7.65. The Morgan fingerprint density at radius 1 is 1.31 bits per heavy atom. The van der Waals surface area contributed by atoms with E-state index in [2.05, 4.69) is 12.6 Å². The molecule has 1 fully saturated rings. The molecule has 0 bridgehead atoms. The molecule has 92 valence electrons. The van der Waals surface area contributed by atoms with Crippen LogP contribution in [0.4, 0.5) is 0 Å². The summed E-state index contributed by atoms with van der Waals surface area (Å²) < 4.78 is 4.90. The van der Waals surface area contributed by atoms with Gasteiger partial charge in [0, 0.05) is 0 Å². The molecule has 0 aromatic rings. The molecule has 1 rings (SSSR count). The molecular weight excluding hydrogens is 224 g/mol. The van der Waals surface area contributed by atoms with Gasteiger partial charge in [-0.25, -0.2) is 0 Å². The van der Waals surface area contributed by atoms with E-state index in [0.29, 0.717) is 18.9 Å². The molecule has 1 atom stereocenters. The zero-order chi connectivity index (χ0) is 12.0. The molecule has 3 nitrogen and oxygen atoms in total. The SMILES string of the molecule is CCOC(=O)C(CC1CCCCC1)C(=O)S. The first-order valence-corrected chi connectivity index (χ1v) is 6.49. The number of ether oxygens (including phenoxy) is 1. The monoisotopic (exact) mass is 244 g/mol. The summed E-state index contributed by atoms with van der Waals surface area (Å²) in [6.07, 6.45) is 6.55. The molecule has 1 aliphatic rings. The van der Waals surface area contributed by atoms with Gasteiger partial charge in [-0.05, 0) is 19.3 Å². The van der Waals surface area contributed by atoms with Crippen LogP contribution < -0.4 is 0 Å². The Morgan fingerprint density at radius 2 is 1.94 bits per heavy atom. The Bertz CT molecular complexity index is 247. The molecule has 0 N–H and O–H groups in total. The van der Waals surface area contributed by atoms with E-state index in [1.54, 1.807) is 6.92 Å². The van der Waals surface area contributed by atoms with Crippen molar-refractivity contribution in [2.45, 2.75) is 45.4 Å². The largest absolute Gasteiger partial charge is 0.465 e. The molecule has 0 spiro atoms. The third kappa shape index (κ3) is 4.16. The molecule has 4 heteroatoms. The second kappa shape index (κ2) is 6.94. The quantitative estimate of drug-likeness (QED) is 0.459. The second-order valence-electron chi connectivity index (χ2n) is 4.38. The van der Waals surface area contributed by atoms with E-state index in [4.69, 9.17) is 4.74 Å². The van der Waals surface area contributed by atoms with Gasteiger partial charge < -0.3 is 4.74 Å². The van der Waals surface area contributed by atoms with Crippen molar-refractivity contribution in [2.24, 2.45) is 11.8 Å². The lowest BCUT2D eigenvalue weighted by molar-refractivity contribution is -0.150. The first kappa shape index (κ1) is 13.6. The molecule has 0 amide bonds. The van der Waals surface area contributed by atoms with Gasteiger partial charge in [0.25, 0.3) is 0 Å². The highest BCUT2D eigenvalue weighted by Crippen LogP contribution is 2.30. The van der Waals surface area contributed by atoms with E-state index in [1.165, 1.54) is 19.3 Å². The maximum Gasteiger partial charge on any atom is 0.317 e. The van der Waals surface area contributed by atoms with Crippen LogP contribution in [0.15, 0.2) is 0 Å². The fourth-order valence-electron chi connectivity index (χ4n) is 2.30. The molecule has 0 heterocycles. The van der Waals surface area contributed by atoms with Crippen LogP contribution in [0.5, 0.6) is 0 Å². The number of thiol groups is 1. The predicted octanol–water partition coefficient (Wildman–Crippen LogP) is 2.59. The van der Waals surface area contributed by atoms with Crippen molar-refractivity contribution in [3.8, 4) is 0 Å². The third-order valence-corrected chi connectivity index (χ3v) is 3.47. The molecule has 16 heavy (non-hydrogen) atoms. The maximum absolute atomic E-state index is 11.6. The van der Waals surface area contributed by atoms with Crippen molar-refractivity contribution in [1.29, 1.82) is 0 Å². The lowest BCUT2D eigenvalue weighted by atomic mass is 9.83.